The average Bonchev–Trinajstić information content (AvgIpc) is 2.83. The molecule has 0 aliphatic rings. The van der Waals surface area contributed by atoms with E-state index in [2.05, 4.69) is 4.98 Å². The molecule has 27 heavy (non-hydrogen) atoms. The van der Waals surface area contributed by atoms with Crippen LogP contribution in [0.2, 0.25) is 0 Å². The predicted octanol–water partition coefficient (Wildman–Crippen LogP) is 4.29. The SMILES string of the molecule is CCC(=Cc1c(C)c(C)c2c(=O)[nH]c3cc(C(F)(F)F)ccc3n12)C(=O)O. The normalized spacial score (nSPS) is 12.9. The molecule has 0 aliphatic heterocycles. The number of benzene rings is 1. The maximum absolute atomic E-state index is 13.0. The number of alkyl halides is 3. The van der Waals surface area contributed by atoms with E-state index in [4.69, 9.17) is 0 Å². The van der Waals surface area contributed by atoms with E-state index in [0.717, 1.165) is 12.1 Å². The number of aromatic amines is 1. The molecule has 0 unspecified atom stereocenters. The lowest BCUT2D eigenvalue weighted by molar-refractivity contribution is -0.137. The van der Waals surface area contributed by atoms with E-state index in [9.17, 15) is 27.9 Å². The van der Waals surface area contributed by atoms with Gasteiger partial charge in [-0.25, -0.2) is 4.79 Å². The van der Waals surface area contributed by atoms with Crippen LogP contribution in [0.1, 0.15) is 35.7 Å². The first-order valence-electron chi connectivity index (χ1n) is 8.25. The fourth-order valence-corrected chi connectivity index (χ4v) is 3.19. The van der Waals surface area contributed by atoms with Crippen LogP contribution in [0.5, 0.6) is 0 Å². The van der Waals surface area contributed by atoms with Gasteiger partial charge in [0.1, 0.15) is 5.52 Å². The molecule has 2 heterocycles. The topological polar surface area (TPSA) is 74.6 Å². The Bertz CT molecular complexity index is 1170. The molecule has 0 saturated carbocycles. The van der Waals surface area contributed by atoms with Crippen LogP contribution in [0, 0.1) is 13.8 Å². The summed E-state index contributed by atoms with van der Waals surface area (Å²) in [6.07, 6.45) is -2.81. The number of nitrogens with one attached hydrogen (secondary N) is 1. The van der Waals surface area contributed by atoms with E-state index in [-0.39, 0.29) is 23.0 Å². The van der Waals surface area contributed by atoms with Crippen molar-refractivity contribution in [1.29, 1.82) is 0 Å². The lowest BCUT2D eigenvalue weighted by atomic mass is 10.1. The van der Waals surface area contributed by atoms with Gasteiger partial charge in [0, 0.05) is 5.57 Å². The molecular formula is C19H17F3N2O3. The van der Waals surface area contributed by atoms with Crippen LogP contribution in [0.3, 0.4) is 0 Å². The van der Waals surface area contributed by atoms with Crippen LogP contribution in [0.15, 0.2) is 28.6 Å². The van der Waals surface area contributed by atoms with E-state index in [1.54, 1.807) is 20.8 Å². The molecule has 0 bridgehead atoms. The molecule has 0 amide bonds. The Kier molecular flexibility index (Phi) is 4.37. The summed E-state index contributed by atoms with van der Waals surface area (Å²) in [7, 11) is 0. The Hall–Kier alpha value is -3.03. The minimum absolute atomic E-state index is 0.0281. The number of rotatable bonds is 3. The fourth-order valence-electron chi connectivity index (χ4n) is 3.19. The number of carboxylic acids is 1. The second-order valence-corrected chi connectivity index (χ2v) is 6.33. The second kappa shape index (κ2) is 6.29. The third-order valence-electron chi connectivity index (χ3n) is 4.76. The lowest BCUT2D eigenvalue weighted by Gasteiger charge is -2.10. The molecule has 2 N–H and O–H groups in total. The van der Waals surface area contributed by atoms with E-state index in [0.29, 0.717) is 22.3 Å². The van der Waals surface area contributed by atoms with Gasteiger partial charge in [-0.15, -0.1) is 0 Å². The summed E-state index contributed by atoms with van der Waals surface area (Å²) >= 11 is 0. The zero-order valence-corrected chi connectivity index (χ0v) is 14.9. The van der Waals surface area contributed by atoms with Crippen LogP contribution in [-0.2, 0) is 11.0 Å². The highest BCUT2D eigenvalue weighted by Crippen LogP contribution is 2.32. The van der Waals surface area contributed by atoms with Crippen molar-refractivity contribution in [3.63, 3.8) is 0 Å². The summed E-state index contributed by atoms with van der Waals surface area (Å²) < 4.78 is 40.6. The zero-order chi connectivity index (χ0) is 20.1. The van der Waals surface area contributed by atoms with Crippen molar-refractivity contribution in [2.24, 2.45) is 0 Å². The van der Waals surface area contributed by atoms with Crippen molar-refractivity contribution in [1.82, 2.24) is 9.38 Å². The molecular weight excluding hydrogens is 361 g/mol. The van der Waals surface area contributed by atoms with E-state index in [1.165, 1.54) is 16.5 Å². The number of hydrogen-bond donors (Lipinski definition) is 2. The standard InChI is InChI=1S/C19H17F3N2O3/c1-4-11(18(26)27)7-15-9(2)10(3)16-17(25)23-13-8-12(19(20,21)22)5-6-14(13)24(15)16/h5-8H,4H2,1-3H3,(H,23,25)(H,26,27). The Labute approximate surface area is 151 Å². The van der Waals surface area contributed by atoms with Crippen molar-refractivity contribution in [2.45, 2.75) is 33.4 Å². The van der Waals surface area contributed by atoms with Gasteiger partial charge in [-0.1, -0.05) is 6.92 Å². The Morgan fingerprint density at radius 3 is 2.48 bits per heavy atom. The first-order chi connectivity index (χ1) is 12.6. The molecule has 142 valence electrons. The lowest BCUT2D eigenvalue weighted by Crippen LogP contribution is -2.13. The molecule has 3 aromatic rings. The summed E-state index contributed by atoms with van der Waals surface area (Å²) in [6, 6.07) is 3.10. The van der Waals surface area contributed by atoms with E-state index < -0.39 is 23.3 Å². The summed E-state index contributed by atoms with van der Waals surface area (Å²) in [6.45, 7) is 5.16. The number of aromatic nitrogens is 2. The van der Waals surface area contributed by atoms with Gasteiger partial charge in [-0.05, 0) is 55.7 Å². The van der Waals surface area contributed by atoms with Crippen LogP contribution in [0.4, 0.5) is 13.2 Å². The van der Waals surface area contributed by atoms with Gasteiger partial charge >= 0.3 is 12.1 Å². The summed E-state index contributed by atoms with van der Waals surface area (Å²) in [5.41, 5.74) is 1.21. The molecule has 3 rings (SSSR count). The molecule has 2 aromatic heterocycles. The first kappa shape index (κ1) is 18.8. The summed E-state index contributed by atoms with van der Waals surface area (Å²) in [4.78, 5) is 26.4. The smallest absolute Gasteiger partial charge is 0.416 e. The quantitative estimate of drug-likeness (QED) is 0.668. The maximum atomic E-state index is 13.0. The summed E-state index contributed by atoms with van der Waals surface area (Å²) in [5, 5.41) is 9.33. The number of aryl methyl sites for hydroxylation is 1. The number of carbonyl (C=O) groups is 1. The monoisotopic (exact) mass is 378 g/mol. The molecule has 1 aromatic carbocycles. The van der Waals surface area contributed by atoms with Crippen molar-refractivity contribution >= 4 is 28.6 Å². The van der Waals surface area contributed by atoms with Gasteiger partial charge in [-0.3, -0.25) is 4.79 Å². The van der Waals surface area contributed by atoms with Crippen LogP contribution >= 0.6 is 0 Å². The number of halogens is 3. The number of aliphatic carboxylic acids is 1. The van der Waals surface area contributed by atoms with E-state index >= 15 is 0 Å². The van der Waals surface area contributed by atoms with Crippen LogP contribution in [0.25, 0.3) is 22.6 Å². The first-order valence-corrected chi connectivity index (χ1v) is 8.25. The molecule has 0 atom stereocenters. The number of fused-ring (bicyclic) bond motifs is 3. The van der Waals surface area contributed by atoms with Gasteiger partial charge in [0.15, 0.2) is 0 Å². The predicted molar refractivity (Wildman–Crippen MR) is 95.9 cm³/mol. The van der Waals surface area contributed by atoms with Gasteiger partial charge in [0.25, 0.3) is 5.56 Å². The Morgan fingerprint density at radius 2 is 1.93 bits per heavy atom. The highest BCUT2D eigenvalue weighted by molar-refractivity contribution is 5.93. The van der Waals surface area contributed by atoms with Gasteiger partial charge in [-0.2, -0.15) is 13.2 Å². The van der Waals surface area contributed by atoms with Gasteiger partial charge in [0.2, 0.25) is 0 Å². The Balaban J connectivity index is 2.49. The number of nitrogens with zero attached hydrogens (tertiary/aromatic N) is 1. The fraction of sp³-hybridized carbons (Fsp3) is 0.263. The molecule has 0 aliphatic carbocycles. The molecule has 8 heteroatoms. The average molecular weight is 378 g/mol. The third-order valence-corrected chi connectivity index (χ3v) is 4.76. The highest BCUT2D eigenvalue weighted by atomic mass is 19.4. The molecule has 0 radical (unpaired) electrons. The molecule has 0 spiro atoms. The number of carboxylic acid groups (broad SMARTS) is 1. The van der Waals surface area contributed by atoms with Crippen molar-refractivity contribution < 1.29 is 23.1 Å². The number of H-pyrrole nitrogens is 1. The van der Waals surface area contributed by atoms with Crippen LogP contribution in [-0.4, -0.2) is 20.5 Å². The maximum Gasteiger partial charge on any atom is 0.416 e. The summed E-state index contributed by atoms with van der Waals surface area (Å²) in [5.74, 6) is -1.09. The third kappa shape index (κ3) is 3.01. The van der Waals surface area contributed by atoms with Crippen molar-refractivity contribution in [3.05, 3.63) is 56.5 Å². The van der Waals surface area contributed by atoms with Gasteiger partial charge < -0.3 is 14.5 Å². The van der Waals surface area contributed by atoms with Gasteiger partial charge in [0.05, 0.1) is 22.3 Å². The highest BCUT2D eigenvalue weighted by Gasteiger charge is 2.31. The van der Waals surface area contributed by atoms with E-state index in [1.807, 2.05) is 0 Å². The molecule has 5 nitrogen and oxygen atoms in total. The number of hydrogen-bond acceptors (Lipinski definition) is 2. The zero-order valence-electron chi connectivity index (χ0n) is 14.9. The molecule has 0 saturated heterocycles. The molecule has 0 fully saturated rings. The minimum atomic E-state index is -4.54. The van der Waals surface area contributed by atoms with Crippen LogP contribution < -0.4 is 5.56 Å². The Morgan fingerprint density at radius 1 is 1.26 bits per heavy atom. The van der Waals surface area contributed by atoms with Crippen molar-refractivity contribution in [2.75, 3.05) is 0 Å². The minimum Gasteiger partial charge on any atom is -0.478 e. The second-order valence-electron chi connectivity index (χ2n) is 6.33. The van der Waals surface area contributed by atoms with Crippen molar-refractivity contribution in [3.8, 4) is 0 Å². The largest absolute Gasteiger partial charge is 0.478 e.